The molecule has 4 rings (SSSR count). The third kappa shape index (κ3) is 4.68. The second kappa shape index (κ2) is 9.58. The standard InChI is InChI=1S/C27H25ClFNO5/c1-14(2)13-34-21-10-6-17(11-15(21)3)25(31)23-24(22-9-5-16(4)35-22)30(27(33)26(23)32)18-7-8-20(29)19(28)12-18/h5-12,14,24,31H,13H2,1-4H3/b25-23-. The second-order valence-corrected chi connectivity index (χ2v) is 9.31. The number of aliphatic hydroxyl groups is 1. The van der Waals surface area contributed by atoms with Crippen molar-refractivity contribution in [3.8, 4) is 5.75 Å². The maximum absolute atomic E-state index is 13.8. The van der Waals surface area contributed by atoms with Gasteiger partial charge in [0.15, 0.2) is 0 Å². The van der Waals surface area contributed by atoms with Gasteiger partial charge in [-0.05, 0) is 73.9 Å². The molecule has 8 heteroatoms. The van der Waals surface area contributed by atoms with Crippen molar-refractivity contribution in [2.24, 2.45) is 5.92 Å². The Morgan fingerprint density at radius 3 is 2.49 bits per heavy atom. The summed E-state index contributed by atoms with van der Waals surface area (Å²) < 4.78 is 25.4. The van der Waals surface area contributed by atoms with Gasteiger partial charge in [0.1, 0.15) is 34.9 Å². The largest absolute Gasteiger partial charge is 0.507 e. The molecule has 0 bridgehead atoms. The van der Waals surface area contributed by atoms with Crippen LogP contribution in [-0.4, -0.2) is 23.4 Å². The van der Waals surface area contributed by atoms with Crippen LogP contribution < -0.4 is 9.64 Å². The Morgan fingerprint density at radius 2 is 1.89 bits per heavy atom. The van der Waals surface area contributed by atoms with E-state index in [1.54, 1.807) is 37.3 Å². The van der Waals surface area contributed by atoms with E-state index in [2.05, 4.69) is 0 Å². The van der Waals surface area contributed by atoms with E-state index < -0.39 is 23.5 Å². The van der Waals surface area contributed by atoms with Crippen LogP contribution in [0.25, 0.3) is 5.76 Å². The minimum Gasteiger partial charge on any atom is -0.507 e. The molecule has 1 amide bonds. The van der Waals surface area contributed by atoms with Crippen LogP contribution in [0.3, 0.4) is 0 Å². The number of furan rings is 1. The second-order valence-electron chi connectivity index (χ2n) is 8.90. The van der Waals surface area contributed by atoms with Crippen LogP contribution in [-0.2, 0) is 9.59 Å². The Hall–Kier alpha value is -3.58. The Morgan fingerprint density at radius 1 is 1.14 bits per heavy atom. The topological polar surface area (TPSA) is 80.0 Å². The lowest BCUT2D eigenvalue weighted by Crippen LogP contribution is -2.29. The van der Waals surface area contributed by atoms with Gasteiger partial charge >= 0.3 is 0 Å². The lowest BCUT2D eigenvalue weighted by atomic mass is 9.98. The van der Waals surface area contributed by atoms with Gasteiger partial charge in [-0.3, -0.25) is 14.5 Å². The maximum Gasteiger partial charge on any atom is 0.300 e. The molecule has 1 unspecified atom stereocenters. The zero-order valence-corrected chi connectivity index (χ0v) is 20.5. The van der Waals surface area contributed by atoms with Gasteiger partial charge in [0.25, 0.3) is 11.7 Å². The number of ether oxygens (including phenoxy) is 1. The monoisotopic (exact) mass is 497 g/mol. The van der Waals surface area contributed by atoms with Crippen LogP contribution >= 0.6 is 11.6 Å². The first-order valence-electron chi connectivity index (χ1n) is 11.1. The first-order chi connectivity index (χ1) is 16.6. The van der Waals surface area contributed by atoms with Crippen LogP contribution in [0, 0.1) is 25.6 Å². The number of aliphatic hydroxyl groups excluding tert-OH is 1. The summed E-state index contributed by atoms with van der Waals surface area (Å²) >= 11 is 5.95. The van der Waals surface area contributed by atoms with Crippen molar-refractivity contribution in [3.05, 3.63) is 87.6 Å². The highest BCUT2D eigenvalue weighted by Gasteiger charge is 2.48. The number of Topliss-reactive ketones (excluding diaryl/α,β-unsaturated/α-hetero) is 1. The fourth-order valence-corrected chi connectivity index (χ4v) is 4.15. The number of nitrogens with zero attached hydrogens (tertiary/aromatic N) is 1. The number of hydrogen-bond donors (Lipinski definition) is 1. The Kier molecular flexibility index (Phi) is 6.72. The number of carbonyl (C=O) groups excluding carboxylic acids is 2. The minimum atomic E-state index is -1.07. The zero-order chi connectivity index (χ0) is 25.4. The van der Waals surface area contributed by atoms with Crippen molar-refractivity contribution in [1.82, 2.24) is 0 Å². The molecule has 0 aliphatic carbocycles. The molecule has 1 saturated heterocycles. The number of anilines is 1. The van der Waals surface area contributed by atoms with E-state index in [1.807, 2.05) is 20.8 Å². The Labute approximate surface area is 207 Å². The SMILES string of the molecule is Cc1ccc(C2/C(=C(/O)c3ccc(OCC(C)C)c(C)c3)C(=O)C(=O)N2c2ccc(F)c(Cl)c2)o1. The molecule has 0 radical (unpaired) electrons. The average Bonchev–Trinajstić information content (AvgIpc) is 3.35. The molecule has 1 aliphatic heterocycles. The average molecular weight is 498 g/mol. The molecule has 182 valence electrons. The summed E-state index contributed by atoms with van der Waals surface area (Å²) in [6.45, 7) is 8.18. The maximum atomic E-state index is 13.8. The van der Waals surface area contributed by atoms with Crippen LogP contribution in [0.2, 0.25) is 5.02 Å². The Bertz CT molecular complexity index is 1340. The van der Waals surface area contributed by atoms with E-state index in [0.717, 1.165) is 16.5 Å². The normalized spacial score (nSPS) is 17.5. The quantitative estimate of drug-likeness (QED) is 0.244. The van der Waals surface area contributed by atoms with E-state index in [4.69, 9.17) is 20.8 Å². The predicted molar refractivity (Wildman–Crippen MR) is 131 cm³/mol. The number of rotatable bonds is 6. The van der Waals surface area contributed by atoms with Gasteiger partial charge in [0.05, 0.1) is 17.2 Å². The summed E-state index contributed by atoms with van der Waals surface area (Å²) in [4.78, 5) is 27.5. The van der Waals surface area contributed by atoms with Gasteiger partial charge in [-0.25, -0.2) is 4.39 Å². The highest BCUT2D eigenvalue weighted by molar-refractivity contribution is 6.51. The van der Waals surface area contributed by atoms with Gasteiger partial charge < -0.3 is 14.3 Å². The van der Waals surface area contributed by atoms with Crippen molar-refractivity contribution >= 4 is 34.7 Å². The van der Waals surface area contributed by atoms with Gasteiger partial charge in [-0.1, -0.05) is 25.4 Å². The number of benzene rings is 2. The summed E-state index contributed by atoms with van der Waals surface area (Å²) in [5.41, 5.74) is 1.17. The first kappa shape index (κ1) is 24.5. The van der Waals surface area contributed by atoms with Crippen LogP contribution in [0.4, 0.5) is 10.1 Å². The lowest BCUT2D eigenvalue weighted by molar-refractivity contribution is -0.132. The summed E-state index contributed by atoms with van der Waals surface area (Å²) in [5.74, 6) is -0.946. The smallest absolute Gasteiger partial charge is 0.300 e. The van der Waals surface area contributed by atoms with Crippen molar-refractivity contribution in [2.75, 3.05) is 11.5 Å². The predicted octanol–water partition coefficient (Wildman–Crippen LogP) is 6.35. The van der Waals surface area contributed by atoms with Gasteiger partial charge in [-0.15, -0.1) is 0 Å². The number of amides is 1. The van der Waals surface area contributed by atoms with E-state index in [1.165, 1.54) is 12.1 Å². The third-order valence-electron chi connectivity index (χ3n) is 5.68. The molecule has 1 N–H and O–H groups in total. The molecule has 3 aromatic rings. The van der Waals surface area contributed by atoms with E-state index in [-0.39, 0.29) is 27.8 Å². The number of halogens is 2. The highest BCUT2D eigenvalue weighted by Crippen LogP contribution is 2.43. The molecule has 1 atom stereocenters. The molecule has 0 spiro atoms. The fraction of sp³-hybridized carbons (Fsp3) is 0.259. The van der Waals surface area contributed by atoms with Gasteiger partial charge in [0.2, 0.25) is 0 Å². The molecule has 6 nitrogen and oxygen atoms in total. The number of aryl methyl sites for hydroxylation is 2. The highest BCUT2D eigenvalue weighted by atomic mass is 35.5. The molecule has 1 aromatic heterocycles. The molecule has 0 saturated carbocycles. The first-order valence-corrected chi connectivity index (χ1v) is 11.5. The molecular formula is C27H25ClFNO5. The molecule has 35 heavy (non-hydrogen) atoms. The summed E-state index contributed by atoms with van der Waals surface area (Å²) in [6.07, 6.45) is 0. The molecule has 1 aliphatic rings. The van der Waals surface area contributed by atoms with E-state index >= 15 is 0 Å². The van der Waals surface area contributed by atoms with Crippen molar-refractivity contribution < 1.29 is 28.2 Å². The van der Waals surface area contributed by atoms with E-state index in [9.17, 15) is 19.1 Å². The van der Waals surface area contributed by atoms with E-state index in [0.29, 0.717) is 29.6 Å². The lowest BCUT2D eigenvalue weighted by Gasteiger charge is -2.23. The van der Waals surface area contributed by atoms with Crippen molar-refractivity contribution in [2.45, 2.75) is 33.7 Å². The van der Waals surface area contributed by atoms with Crippen molar-refractivity contribution in [3.63, 3.8) is 0 Å². The summed E-state index contributed by atoms with van der Waals surface area (Å²) in [7, 11) is 0. The van der Waals surface area contributed by atoms with Crippen molar-refractivity contribution in [1.29, 1.82) is 0 Å². The number of hydrogen-bond acceptors (Lipinski definition) is 5. The van der Waals surface area contributed by atoms with Crippen LogP contribution in [0.15, 0.2) is 58.5 Å². The minimum absolute atomic E-state index is 0.139. The Balaban J connectivity index is 1.84. The van der Waals surface area contributed by atoms with Crippen LogP contribution in [0.1, 0.15) is 42.5 Å². The fourth-order valence-electron chi connectivity index (χ4n) is 3.97. The van der Waals surface area contributed by atoms with Gasteiger partial charge in [-0.2, -0.15) is 0 Å². The zero-order valence-electron chi connectivity index (χ0n) is 19.8. The molecular weight excluding hydrogens is 473 g/mol. The van der Waals surface area contributed by atoms with Crippen LogP contribution in [0.5, 0.6) is 5.75 Å². The third-order valence-corrected chi connectivity index (χ3v) is 5.97. The number of ketones is 1. The number of carbonyl (C=O) groups is 2. The molecule has 2 heterocycles. The van der Waals surface area contributed by atoms with Gasteiger partial charge in [0, 0.05) is 11.3 Å². The summed E-state index contributed by atoms with van der Waals surface area (Å²) in [5, 5.41) is 11.1. The summed E-state index contributed by atoms with van der Waals surface area (Å²) in [6, 6.07) is 11.0. The molecule has 1 fully saturated rings. The molecule has 2 aromatic carbocycles.